The molecule has 0 aliphatic heterocycles. The van der Waals surface area contributed by atoms with E-state index in [9.17, 15) is 0 Å². The number of aryl methyl sites for hydroxylation is 1. The summed E-state index contributed by atoms with van der Waals surface area (Å²) in [5.74, 6) is 1.54. The molecule has 1 atom stereocenters. The molecule has 74 valence electrons. The van der Waals surface area contributed by atoms with Crippen LogP contribution in [0.15, 0.2) is 0 Å². The molecule has 0 saturated heterocycles. The first-order valence-corrected chi connectivity index (χ1v) is 4.81. The second-order valence-electron chi connectivity index (χ2n) is 4.08. The fourth-order valence-electron chi connectivity index (χ4n) is 1.32. The fraction of sp³-hybridized carbons (Fsp3) is 0.700. The molecule has 1 rings (SSSR count). The minimum Gasteiger partial charge on any atom is -0.345 e. The number of nitrogens with two attached hydrogens (primary N) is 1. The molecule has 1 aromatic rings. The minimum absolute atomic E-state index is 0.000359. The molecule has 3 N–H and O–H groups in total. The number of nitrogens with one attached hydrogen (secondary N) is 1. The zero-order valence-electron chi connectivity index (χ0n) is 8.89. The van der Waals surface area contributed by atoms with Crippen molar-refractivity contribution >= 4 is 0 Å². The van der Waals surface area contributed by atoms with Crippen molar-refractivity contribution < 1.29 is 0 Å². The van der Waals surface area contributed by atoms with Gasteiger partial charge in [-0.05, 0) is 26.2 Å². The fourth-order valence-corrected chi connectivity index (χ4v) is 1.32. The molecule has 13 heavy (non-hydrogen) atoms. The van der Waals surface area contributed by atoms with Crippen molar-refractivity contribution in [2.45, 2.75) is 40.2 Å². The molecule has 3 heteroatoms. The number of hydrogen-bond donors (Lipinski definition) is 2. The molecule has 0 amide bonds. The summed E-state index contributed by atoms with van der Waals surface area (Å²) < 4.78 is 0. The molecule has 0 aliphatic carbocycles. The maximum Gasteiger partial charge on any atom is 0.123 e. The van der Waals surface area contributed by atoms with E-state index in [-0.39, 0.29) is 6.04 Å². The minimum atomic E-state index is -0.000359. The van der Waals surface area contributed by atoms with Crippen LogP contribution in [0.5, 0.6) is 0 Å². The molecule has 1 aromatic heterocycles. The van der Waals surface area contributed by atoms with Gasteiger partial charge in [-0.2, -0.15) is 0 Å². The van der Waals surface area contributed by atoms with Gasteiger partial charge in [0.1, 0.15) is 5.82 Å². The average Bonchev–Trinajstić information content (AvgIpc) is 2.31. The molecule has 1 unspecified atom stereocenters. The third-order valence-corrected chi connectivity index (χ3v) is 2.04. The van der Waals surface area contributed by atoms with Crippen molar-refractivity contribution in [3.8, 4) is 0 Å². The smallest absolute Gasteiger partial charge is 0.123 e. The number of imidazole rings is 1. The lowest BCUT2D eigenvalue weighted by atomic mass is 10.1. The maximum atomic E-state index is 5.73. The SMILES string of the molecule is Cc1[nH]c(C(C)N)nc1CC(C)C. The second-order valence-corrected chi connectivity index (χ2v) is 4.08. The molecule has 0 aromatic carbocycles. The number of rotatable bonds is 3. The van der Waals surface area contributed by atoms with Gasteiger partial charge in [0, 0.05) is 5.69 Å². The lowest BCUT2D eigenvalue weighted by Crippen LogP contribution is -2.07. The normalized spacial score (nSPS) is 13.7. The Hall–Kier alpha value is -0.830. The molecule has 1 heterocycles. The third kappa shape index (κ3) is 2.56. The van der Waals surface area contributed by atoms with Crippen LogP contribution in [0.3, 0.4) is 0 Å². The Balaban J connectivity index is 2.83. The Labute approximate surface area is 79.8 Å². The molecular weight excluding hydrogens is 162 g/mol. The molecule has 0 fully saturated rings. The molecule has 0 bridgehead atoms. The highest BCUT2D eigenvalue weighted by atomic mass is 15.0. The van der Waals surface area contributed by atoms with Crippen LogP contribution in [0.4, 0.5) is 0 Å². The van der Waals surface area contributed by atoms with Crippen molar-refractivity contribution in [1.82, 2.24) is 9.97 Å². The number of aromatic nitrogens is 2. The summed E-state index contributed by atoms with van der Waals surface area (Å²) in [6, 6.07) is -0.000359. The summed E-state index contributed by atoms with van der Waals surface area (Å²) in [7, 11) is 0. The van der Waals surface area contributed by atoms with E-state index in [1.807, 2.05) is 6.92 Å². The summed E-state index contributed by atoms with van der Waals surface area (Å²) in [5.41, 5.74) is 8.04. The van der Waals surface area contributed by atoms with Crippen LogP contribution in [0.1, 0.15) is 44.0 Å². The van der Waals surface area contributed by atoms with Crippen molar-refractivity contribution in [3.05, 3.63) is 17.2 Å². The topological polar surface area (TPSA) is 54.7 Å². The number of nitrogens with zero attached hydrogens (tertiary/aromatic N) is 1. The van der Waals surface area contributed by atoms with Gasteiger partial charge in [-0.1, -0.05) is 13.8 Å². The first-order valence-electron chi connectivity index (χ1n) is 4.81. The van der Waals surface area contributed by atoms with Crippen LogP contribution in [0.2, 0.25) is 0 Å². The van der Waals surface area contributed by atoms with Gasteiger partial charge in [0.25, 0.3) is 0 Å². The van der Waals surface area contributed by atoms with Crippen molar-refractivity contribution in [1.29, 1.82) is 0 Å². The van der Waals surface area contributed by atoms with Gasteiger partial charge in [0.15, 0.2) is 0 Å². The Morgan fingerprint density at radius 3 is 2.38 bits per heavy atom. The Kier molecular flexibility index (Phi) is 3.09. The first kappa shape index (κ1) is 10.3. The Morgan fingerprint density at radius 2 is 2.00 bits per heavy atom. The monoisotopic (exact) mass is 181 g/mol. The Morgan fingerprint density at radius 1 is 1.38 bits per heavy atom. The lowest BCUT2D eigenvalue weighted by Gasteiger charge is -2.01. The zero-order valence-corrected chi connectivity index (χ0v) is 8.89. The Bertz CT molecular complexity index is 274. The lowest BCUT2D eigenvalue weighted by molar-refractivity contribution is 0.632. The molecule has 0 radical (unpaired) electrons. The highest BCUT2D eigenvalue weighted by Gasteiger charge is 2.10. The van der Waals surface area contributed by atoms with E-state index in [1.54, 1.807) is 0 Å². The van der Waals surface area contributed by atoms with E-state index in [0.29, 0.717) is 5.92 Å². The third-order valence-electron chi connectivity index (χ3n) is 2.04. The highest BCUT2D eigenvalue weighted by Crippen LogP contribution is 2.13. The van der Waals surface area contributed by atoms with Gasteiger partial charge < -0.3 is 10.7 Å². The van der Waals surface area contributed by atoms with Gasteiger partial charge in [0.2, 0.25) is 0 Å². The van der Waals surface area contributed by atoms with E-state index >= 15 is 0 Å². The van der Waals surface area contributed by atoms with Crippen LogP contribution in [-0.4, -0.2) is 9.97 Å². The molecule has 0 saturated carbocycles. The van der Waals surface area contributed by atoms with Crippen LogP contribution in [-0.2, 0) is 6.42 Å². The van der Waals surface area contributed by atoms with Gasteiger partial charge in [-0.15, -0.1) is 0 Å². The van der Waals surface area contributed by atoms with Crippen LogP contribution >= 0.6 is 0 Å². The van der Waals surface area contributed by atoms with Crippen LogP contribution in [0.25, 0.3) is 0 Å². The van der Waals surface area contributed by atoms with Crippen molar-refractivity contribution in [2.24, 2.45) is 11.7 Å². The molecule has 3 nitrogen and oxygen atoms in total. The van der Waals surface area contributed by atoms with Crippen molar-refractivity contribution in [2.75, 3.05) is 0 Å². The van der Waals surface area contributed by atoms with Gasteiger partial charge in [-0.25, -0.2) is 4.98 Å². The molecular formula is C10H19N3. The van der Waals surface area contributed by atoms with E-state index in [1.165, 1.54) is 0 Å². The van der Waals surface area contributed by atoms with Crippen molar-refractivity contribution in [3.63, 3.8) is 0 Å². The summed E-state index contributed by atoms with van der Waals surface area (Å²) in [6.07, 6.45) is 1.02. The number of aromatic amines is 1. The summed E-state index contributed by atoms with van der Waals surface area (Å²) in [4.78, 5) is 7.68. The van der Waals surface area contributed by atoms with E-state index in [4.69, 9.17) is 5.73 Å². The van der Waals surface area contributed by atoms with Gasteiger partial charge >= 0.3 is 0 Å². The van der Waals surface area contributed by atoms with Gasteiger partial charge in [0.05, 0.1) is 11.7 Å². The second kappa shape index (κ2) is 3.92. The molecule has 0 aliphatic rings. The maximum absolute atomic E-state index is 5.73. The summed E-state index contributed by atoms with van der Waals surface area (Å²) >= 11 is 0. The van der Waals surface area contributed by atoms with Crippen LogP contribution < -0.4 is 5.73 Å². The first-order chi connectivity index (χ1) is 6.00. The average molecular weight is 181 g/mol. The summed E-state index contributed by atoms with van der Waals surface area (Å²) in [5, 5.41) is 0. The van der Waals surface area contributed by atoms with E-state index in [0.717, 1.165) is 23.6 Å². The highest BCUT2D eigenvalue weighted by molar-refractivity contribution is 5.14. The molecule has 0 spiro atoms. The quantitative estimate of drug-likeness (QED) is 0.748. The largest absolute Gasteiger partial charge is 0.345 e. The van der Waals surface area contributed by atoms with E-state index in [2.05, 4.69) is 30.7 Å². The zero-order chi connectivity index (χ0) is 10.0. The number of H-pyrrole nitrogens is 1. The predicted molar refractivity (Wildman–Crippen MR) is 54.5 cm³/mol. The predicted octanol–water partition coefficient (Wildman–Crippen LogP) is 1.94. The standard InChI is InChI=1S/C10H19N3/c1-6(2)5-9-8(4)12-10(13-9)7(3)11/h6-7H,5,11H2,1-4H3,(H,12,13). The van der Waals surface area contributed by atoms with Crippen LogP contribution in [0, 0.1) is 12.8 Å². The number of hydrogen-bond acceptors (Lipinski definition) is 2. The van der Waals surface area contributed by atoms with Gasteiger partial charge in [-0.3, -0.25) is 0 Å². The summed E-state index contributed by atoms with van der Waals surface area (Å²) in [6.45, 7) is 8.38. The van der Waals surface area contributed by atoms with E-state index < -0.39 is 0 Å².